The van der Waals surface area contributed by atoms with Crippen molar-refractivity contribution in [3.05, 3.63) is 0 Å². The van der Waals surface area contributed by atoms with E-state index < -0.39 is 11.9 Å². The van der Waals surface area contributed by atoms with Crippen molar-refractivity contribution in [1.82, 2.24) is 0 Å². The number of hydrogen-bond donors (Lipinski definition) is 0. The zero-order valence-electron chi connectivity index (χ0n) is 7.27. The molecule has 0 aromatic rings. The number of carboxylic acids is 2. The number of carboxylic acid groups (broad SMARTS) is 2. The van der Waals surface area contributed by atoms with Crippen molar-refractivity contribution in [3.8, 4) is 0 Å². The van der Waals surface area contributed by atoms with E-state index >= 15 is 0 Å². The quantitative estimate of drug-likeness (QED) is 0.400. The molecule has 0 bridgehead atoms. The molecule has 0 atom stereocenters. The molecule has 0 radical (unpaired) electrons. The van der Waals surface area contributed by atoms with Gasteiger partial charge in [0.15, 0.2) is 0 Å². The molecule has 14 heavy (non-hydrogen) atoms. The average molecular weight is 308 g/mol. The van der Waals surface area contributed by atoms with Crippen LogP contribution in [0.4, 0.5) is 0 Å². The molecule has 0 aromatic carbocycles. The van der Waals surface area contributed by atoms with Gasteiger partial charge in [-0.2, -0.15) is 0 Å². The molecule has 8 N–H and O–H groups in total. The Hall–Kier alpha value is -0.233. The Balaban J connectivity index is -0.00000000600. The molecular formula is C4H14Ni2O8. The van der Waals surface area contributed by atoms with Crippen LogP contribution in [0.3, 0.4) is 0 Å². The van der Waals surface area contributed by atoms with Crippen LogP contribution in [0.15, 0.2) is 0 Å². The van der Waals surface area contributed by atoms with Crippen molar-refractivity contribution < 1.29 is 74.7 Å². The molecular weight excluding hydrogens is 293 g/mol. The molecule has 0 fully saturated rings. The second-order valence-corrected chi connectivity index (χ2v) is 0.983. The SMILES string of the molecule is CC(=O)[O-].CC(=O)[O-].O.O.O.O.[Ni+2].[Ni]. The number of carbonyl (C=O) groups is 2. The van der Waals surface area contributed by atoms with E-state index in [1.54, 1.807) is 0 Å². The molecule has 0 aliphatic carbocycles. The van der Waals surface area contributed by atoms with E-state index in [1.807, 2.05) is 0 Å². The summed E-state index contributed by atoms with van der Waals surface area (Å²) in [6.45, 7) is 1.94. The van der Waals surface area contributed by atoms with Crippen molar-refractivity contribution in [2.75, 3.05) is 0 Å². The van der Waals surface area contributed by atoms with Gasteiger partial charge in [0.1, 0.15) is 0 Å². The predicted molar refractivity (Wildman–Crippen MR) is 35.8 cm³/mol. The van der Waals surface area contributed by atoms with Crippen molar-refractivity contribution in [2.45, 2.75) is 13.8 Å². The van der Waals surface area contributed by atoms with Crippen LogP contribution >= 0.6 is 0 Å². The van der Waals surface area contributed by atoms with E-state index in [4.69, 9.17) is 19.8 Å². The molecule has 8 nitrogen and oxygen atoms in total. The van der Waals surface area contributed by atoms with E-state index in [-0.39, 0.29) is 54.9 Å². The summed E-state index contributed by atoms with van der Waals surface area (Å²) in [5, 5.41) is 17.8. The molecule has 10 heteroatoms. The largest absolute Gasteiger partial charge is 2.00 e. The molecule has 0 saturated carbocycles. The minimum Gasteiger partial charge on any atom is -0.550 e. The third-order valence-corrected chi connectivity index (χ3v) is 0. The van der Waals surface area contributed by atoms with Crippen molar-refractivity contribution in [2.24, 2.45) is 0 Å². The van der Waals surface area contributed by atoms with Gasteiger partial charge in [-0.3, -0.25) is 0 Å². The average Bonchev–Trinajstić information content (AvgIpc) is 1.25. The summed E-state index contributed by atoms with van der Waals surface area (Å²) in [4.78, 5) is 17.8. The molecule has 0 aromatic heterocycles. The first-order valence-electron chi connectivity index (χ1n) is 1.82. The smallest absolute Gasteiger partial charge is 0.550 e. The number of hydrogen-bond acceptors (Lipinski definition) is 4. The Labute approximate surface area is 101 Å². The van der Waals surface area contributed by atoms with Crippen LogP contribution in [0.5, 0.6) is 0 Å². The van der Waals surface area contributed by atoms with Gasteiger partial charge in [-0.25, -0.2) is 0 Å². The van der Waals surface area contributed by atoms with E-state index in [0.29, 0.717) is 0 Å². The van der Waals surface area contributed by atoms with Gasteiger partial charge < -0.3 is 41.7 Å². The minimum atomic E-state index is -1.08. The molecule has 98 valence electrons. The maximum atomic E-state index is 8.89. The number of carbonyl (C=O) groups excluding carboxylic acids is 2. The maximum absolute atomic E-state index is 8.89. The monoisotopic (exact) mass is 306 g/mol. The van der Waals surface area contributed by atoms with Gasteiger partial charge in [0, 0.05) is 28.4 Å². The Kier molecular flexibility index (Phi) is 256. The summed E-state index contributed by atoms with van der Waals surface area (Å²) in [6, 6.07) is 0. The summed E-state index contributed by atoms with van der Waals surface area (Å²) >= 11 is 0. The normalized spacial score (nSPS) is 3.57. The van der Waals surface area contributed by atoms with Gasteiger partial charge in [-0.05, 0) is 13.8 Å². The fourth-order valence-corrected chi connectivity index (χ4v) is 0. The minimum absolute atomic E-state index is 0. The summed E-state index contributed by atoms with van der Waals surface area (Å²) in [6.07, 6.45) is 0. The molecule has 0 heterocycles. The van der Waals surface area contributed by atoms with Gasteiger partial charge in [-0.1, -0.05) is 0 Å². The zero-order valence-corrected chi connectivity index (χ0v) is 9.24. The summed E-state index contributed by atoms with van der Waals surface area (Å²) < 4.78 is 0. The van der Waals surface area contributed by atoms with Crippen LogP contribution in [0.2, 0.25) is 0 Å². The van der Waals surface area contributed by atoms with Gasteiger partial charge in [0.25, 0.3) is 0 Å². The number of aliphatic carboxylic acids is 2. The third kappa shape index (κ3) is 25100. The van der Waals surface area contributed by atoms with Crippen LogP contribution in [-0.4, -0.2) is 33.8 Å². The maximum Gasteiger partial charge on any atom is 2.00 e. The Morgan fingerprint density at radius 2 is 0.786 bits per heavy atom. The fraction of sp³-hybridized carbons (Fsp3) is 0.500. The van der Waals surface area contributed by atoms with Crippen molar-refractivity contribution >= 4 is 11.9 Å². The standard InChI is InChI=1S/2C2H4O2.2Ni.4H2O/c2*1-2(3)4;;;;;;/h2*1H3,(H,3,4);;;4*1H2/q;;;+2;;;;/p-2. The topological polar surface area (TPSA) is 206 Å². The van der Waals surface area contributed by atoms with E-state index in [9.17, 15) is 0 Å². The van der Waals surface area contributed by atoms with E-state index in [2.05, 4.69) is 0 Å². The Morgan fingerprint density at radius 1 is 0.786 bits per heavy atom. The molecule has 0 rings (SSSR count). The molecule has 0 aliphatic heterocycles. The second-order valence-electron chi connectivity index (χ2n) is 0.983. The van der Waals surface area contributed by atoms with Crippen LogP contribution in [0, 0.1) is 0 Å². The first-order chi connectivity index (χ1) is 3.46. The first-order valence-corrected chi connectivity index (χ1v) is 1.82. The summed E-state index contributed by atoms with van der Waals surface area (Å²) in [5.74, 6) is -2.17. The van der Waals surface area contributed by atoms with Gasteiger partial charge in [-0.15, -0.1) is 0 Å². The van der Waals surface area contributed by atoms with Crippen molar-refractivity contribution in [1.29, 1.82) is 0 Å². The number of rotatable bonds is 0. The second kappa shape index (κ2) is 53.2. The van der Waals surface area contributed by atoms with Crippen molar-refractivity contribution in [3.63, 3.8) is 0 Å². The fourth-order valence-electron chi connectivity index (χ4n) is 0. The predicted octanol–water partition coefficient (Wildman–Crippen LogP) is -5.79. The zero-order chi connectivity index (χ0) is 7.15. The summed E-state index contributed by atoms with van der Waals surface area (Å²) in [5.41, 5.74) is 0. The van der Waals surface area contributed by atoms with Crippen LogP contribution in [0.1, 0.15) is 13.8 Å². The molecule has 0 amide bonds. The summed E-state index contributed by atoms with van der Waals surface area (Å²) in [7, 11) is 0. The van der Waals surface area contributed by atoms with Gasteiger partial charge in [0.2, 0.25) is 0 Å². The molecule has 0 saturated heterocycles. The van der Waals surface area contributed by atoms with E-state index in [1.165, 1.54) is 0 Å². The Bertz CT molecular complexity index is 77.3. The molecule has 0 aliphatic rings. The van der Waals surface area contributed by atoms with Crippen LogP contribution < -0.4 is 10.2 Å². The van der Waals surface area contributed by atoms with Gasteiger partial charge >= 0.3 is 16.5 Å². The van der Waals surface area contributed by atoms with Gasteiger partial charge in [0.05, 0.1) is 0 Å². The Morgan fingerprint density at radius 3 is 0.786 bits per heavy atom. The molecule has 0 unspecified atom stereocenters. The van der Waals surface area contributed by atoms with Crippen LogP contribution in [-0.2, 0) is 42.6 Å². The third-order valence-electron chi connectivity index (χ3n) is 0. The first kappa shape index (κ1) is 67.5. The van der Waals surface area contributed by atoms with E-state index in [0.717, 1.165) is 13.8 Å². The van der Waals surface area contributed by atoms with Crippen LogP contribution in [0.25, 0.3) is 0 Å². The molecule has 0 spiro atoms.